The first-order valence-electron chi connectivity index (χ1n) is 10.5. The quantitative estimate of drug-likeness (QED) is 0.530. The van der Waals surface area contributed by atoms with Gasteiger partial charge in [0.15, 0.2) is 6.61 Å². The molecule has 172 valence electrons. The maximum atomic E-state index is 12.8. The summed E-state index contributed by atoms with van der Waals surface area (Å²) in [7, 11) is -3.65. The summed E-state index contributed by atoms with van der Waals surface area (Å²) < 4.78 is 32.1. The molecule has 0 aromatic heterocycles. The van der Waals surface area contributed by atoms with Crippen molar-refractivity contribution < 1.29 is 22.7 Å². The van der Waals surface area contributed by atoms with Crippen molar-refractivity contribution in [3.63, 3.8) is 0 Å². The Balaban J connectivity index is 1.28. The number of sulfonamides is 1. The maximum Gasteiger partial charge on any atom is 0.309 e. The molecular weight excluding hydrogens is 464 g/mol. The van der Waals surface area contributed by atoms with Gasteiger partial charge in [0.1, 0.15) is 0 Å². The normalized spacial score (nSPS) is 15.3. The second-order valence-corrected chi connectivity index (χ2v) is 10.2. The number of benzene rings is 3. The molecule has 0 saturated carbocycles. The van der Waals surface area contributed by atoms with E-state index < -0.39 is 34.4 Å². The lowest BCUT2D eigenvalue weighted by molar-refractivity contribution is -0.152. The van der Waals surface area contributed by atoms with E-state index in [0.29, 0.717) is 23.6 Å². The average molecular weight is 487 g/mol. The van der Waals surface area contributed by atoms with Crippen LogP contribution in [0.1, 0.15) is 12.8 Å². The number of anilines is 1. The summed E-state index contributed by atoms with van der Waals surface area (Å²) in [6.45, 7) is 0.00516. The number of halogens is 1. The minimum Gasteiger partial charge on any atom is -0.455 e. The van der Waals surface area contributed by atoms with Crippen LogP contribution >= 0.6 is 11.6 Å². The van der Waals surface area contributed by atoms with Gasteiger partial charge in [-0.3, -0.25) is 9.59 Å². The van der Waals surface area contributed by atoms with E-state index in [4.69, 9.17) is 16.3 Å². The molecule has 0 aliphatic carbocycles. The molecule has 7 nitrogen and oxygen atoms in total. The van der Waals surface area contributed by atoms with Crippen LogP contribution in [0, 0.1) is 5.92 Å². The van der Waals surface area contributed by atoms with Crippen LogP contribution in [0.15, 0.2) is 71.6 Å². The fraction of sp³-hybridized carbons (Fsp3) is 0.250. The number of rotatable bonds is 6. The standard InChI is InChI=1S/C24H23ClN2O5S/c25-19-8-10-20(11-9-19)33(30,31)27-14-12-18(13-15-27)24(29)32-16-23(28)26-22-7-3-5-17-4-1-2-6-21(17)22/h1-11,18H,12-16H2,(H,26,28). The molecular formula is C24H23ClN2O5S. The van der Waals surface area contributed by atoms with Crippen molar-refractivity contribution in [3.05, 3.63) is 71.8 Å². The van der Waals surface area contributed by atoms with Crippen LogP contribution in [0.5, 0.6) is 0 Å². The molecule has 1 saturated heterocycles. The Hall–Kier alpha value is -2.94. The molecule has 3 aromatic rings. The van der Waals surface area contributed by atoms with Crippen molar-refractivity contribution in [2.45, 2.75) is 17.7 Å². The third-order valence-corrected chi connectivity index (χ3v) is 7.81. The lowest BCUT2D eigenvalue weighted by Gasteiger charge is -2.30. The summed E-state index contributed by atoms with van der Waals surface area (Å²) in [5.74, 6) is -1.37. The number of hydrogen-bond acceptors (Lipinski definition) is 5. The summed E-state index contributed by atoms with van der Waals surface area (Å²) in [4.78, 5) is 24.9. The van der Waals surface area contributed by atoms with Crippen LogP contribution in [0.2, 0.25) is 5.02 Å². The molecule has 1 heterocycles. The number of fused-ring (bicyclic) bond motifs is 1. The number of nitrogens with zero attached hydrogens (tertiary/aromatic N) is 1. The Labute approximate surface area is 197 Å². The fourth-order valence-electron chi connectivity index (χ4n) is 3.86. The van der Waals surface area contributed by atoms with Gasteiger partial charge in [0, 0.05) is 29.2 Å². The predicted molar refractivity (Wildman–Crippen MR) is 126 cm³/mol. The van der Waals surface area contributed by atoms with Gasteiger partial charge in [-0.25, -0.2) is 8.42 Å². The highest BCUT2D eigenvalue weighted by atomic mass is 35.5. The Bertz CT molecular complexity index is 1260. The van der Waals surface area contributed by atoms with Gasteiger partial charge in [0.05, 0.1) is 10.8 Å². The van der Waals surface area contributed by atoms with Crippen LogP contribution in [0.4, 0.5) is 5.69 Å². The van der Waals surface area contributed by atoms with Crippen molar-refractivity contribution in [3.8, 4) is 0 Å². The number of carbonyl (C=O) groups excluding carboxylic acids is 2. The molecule has 0 unspecified atom stereocenters. The van der Waals surface area contributed by atoms with Crippen molar-refractivity contribution in [1.29, 1.82) is 0 Å². The molecule has 1 fully saturated rings. The van der Waals surface area contributed by atoms with Gasteiger partial charge < -0.3 is 10.1 Å². The Morgan fingerprint density at radius 3 is 2.36 bits per heavy atom. The number of piperidine rings is 1. The molecule has 1 aliphatic heterocycles. The van der Waals surface area contributed by atoms with Crippen LogP contribution in [0.3, 0.4) is 0 Å². The number of esters is 1. The van der Waals surface area contributed by atoms with Crippen molar-refractivity contribution in [2.24, 2.45) is 5.92 Å². The minimum absolute atomic E-state index is 0.165. The van der Waals surface area contributed by atoms with Gasteiger partial charge in [-0.1, -0.05) is 48.0 Å². The first kappa shape index (κ1) is 23.2. The average Bonchev–Trinajstić information content (AvgIpc) is 2.83. The van der Waals surface area contributed by atoms with Crippen molar-refractivity contribution >= 4 is 50.0 Å². The molecule has 0 spiro atoms. The van der Waals surface area contributed by atoms with E-state index in [9.17, 15) is 18.0 Å². The van der Waals surface area contributed by atoms with E-state index in [1.165, 1.54) is 28.6 Å². The summed E-state index contributed by atoms with van der Waals surface area (Å²) in [6.07, 6.45) is 0.660. The number of ether oxygens (including phenoxy) is 1. The molecule has 1 aliphatic rings. The van der Waals surface area contributed by atoms with E-state index in [-0.39, 0.29) is 18.0 Å². The van der Waals surface area contributed by atoms with E-state index in [0.717, 1.165) is 10.8 Å². The second-order valence-electron chi connectivity index (χ2n) is 7.81. The highest BCUT2D eigenvalue weighted by molar-refractivity contribution is 7.89. The zero-order valence-corrected chi connectivity index (χ0v) is 19.3. The molecule has 33 heavy (non-hydrogen) atoms. The van der Waals surface area contributed by atoms with Crippen LogP contribution in [0.25, 0.3) is 10.8 Å². The van der Waals surface area contributed by atoms with E-state index in [1.54, 1.807) is 6.07 Å². The zero-order valence-electron chi connectivity index (χ0n) is 17.7. The fourth-order valence-corrected chi connectivity index (χ4v) is 5.46. The van der Waals surface area contributed by atoms with Gasteiger partial charge in [0.25, 0.3) is 5.91 Å². The zero-order chi connectivity index (χ0) is 23.4. The summed E-state index contributed by atoms with van der Waals surface area (Å²) >= 11 is 5.84. The van der Waals surface area contributed by atoms with Crippen LogP contribution in [-0.4, -0.2) is 44.3 Å². The van der Waals surface area contributed by atoms with Gasteiger partial charge in [-0.05, 0) is 48.6 Å². The highest BCUT2D eigenvalue weighted by Gasteiger charge is 2.33. The Morgan fingerprint density at radius 1 is 0.970 bits per heavy atom. The van der Waals surface area contributed by atoms with Crippen molar-refractivity contribution in [1.82, 2.24) is 4.31 Å². The Morgan fingerprint density at radius 2 is 1.64 bits per heavy atom. The lowest BCUT2D eigenvalue weighted by atomic mass is 9.98. The van der Waals surface area contributed by atoms with E-state index in [2.05, 4.69) is 5.32 Å². The number of carbonyl (C=O) groups is 2. The summed E-state index contributed by atoms with van der Waals surface area (Å²) in [5, 5.41) is 5.13. The smallest absolute Gasteiger partial charge is 0.309 e. The van der Waals surface area contributed by atoms with E-state index in [1.807, 2.05) is 36.4 Å². The summed E-state index contributed by atoms with van der Waals surface area (Å²) in [6, 6.07) is 19.2. The first-order chi connectivity index (χ1) is 15.8. The molecule has 0 radical (unpaired) electrons. The number of amides is 1. The highest BCUT2D eigenvalue weighted by Crippen LogP contribution is 2.26. The molecule has 1 N–H and O–H groups in total. The monoisotopic (exact) mass is 486 g/mol. The predicted octanol–water partition coefficient (Wildman–Crippen LogP) is 4.08. The van der Waals surface area contributed by atoms with Crippen molar-refractivity contribution in [2.75, 3.05) is 25.0 Å². The molecule has 3 aromatic carbocycles. The third-order valence-electron chi connectivity index (χ3n) is 5.65. The number of nitrogens with one attached hydrogen (secondary N) is 1. The minimum atomic E-state index is -3.65. The third kappa shape index (κ3) is 5.35. The molecule has 1 amide bonds. The topological polar surface area (TPSA) is 92.8 Å². The largest absolute Gasteiger partial charge is 0.455 e. The van der Waals surface area contributed by atoms with Gasteiger partial charge in [-0.2, -0.15) is 4.31 Å². The molecule has 9 heteroatoms. The summed E-state index contributed by atoms with van der Waals surface area (Å²) in [5.41, 5.74) is 0.648. The lowest BCUT2D eigenvalue weighted by Crippen LogP contribution is -2.40. The Kier molecular flexibility index (Phi) is 6.97. The number of hydrogen-bond donors (Lipinski definition) is 1. The molecule has 4 rings (SSSR count). The first-order valence-corrected chi connectivity index (χ1v) is 12.4. The van der Waals surface area contributed by atoms with Gasteiger partial charge in [-0.15, -0.1) is 0 Å². The van der Waals surface area contributed by atoms with Crippen LogP contribution < -0.4 is 5.32 Å². The maximum absolute atomic E-state index is 12.8. The van der Waals surface area contributed by atoms with Crippen LogP contribution in [-0.2, 0) is 24.3 Å². The second kappa shape index (κ2) is 9.91. The molecule has 0 bridgehead atoms. The molecule has 0 atom stereocenters. The van der Waals surface area contributed by atoms with E-state index >= 15 is 0 Å². The van der Waals surface area contributed by atoms with Gasteiger partial charge >= 0.3 is 5.97 Å². The SMILES string of the molecule is O=C(COC(=O)C1CCN(S(=O)(=O)c2ccc(Cl)cc2)CC1)Nc1cccc2ccccc12. The van der Waals surface area contributed by atoms with Gasteiger partial charge in [0.2, 0.25) is 10.0 Å².